The van der Waals surface area contributed by atoms with Crippen molar-refractivity contribution in [1.29, 1.82) is 0 Å². The highest BCUT2D eigenvalue weighted by atomic mass is 16.5. The Morgan fingerprint density at radius 2 is 1.81 bits per heavy atom. The average molecular weight is 360 g/mol. The Morgan fingerprint density at radius 1 is 1.00 bits per heavy atom. The second-order valence-electron chi connectivity index (χ2n) is 6.48. The predicted molar refractivity (Wildman–Crippen MR) is 103 cm³/mol. The lowest BCUT2D eigenvalue weighted by molar-refractivity contribution is 0.0949. The number of benzene rings is 1. The molecule has 0 atom stereocenters. The number of amides is 1. The van der Waals surface area contributed by atoms with E-state index in [1.54, 1.807) is 24.5 Å². The normalized spacial score (nSPS) is 13.0. The SMILES string of the molecule is O=C(NCC1CC1)c1cccnc1Oc1ccc(Nc2ccccn2)cc1. The van der Waals surface area contributed by atoms with Crippen LogP contribution in [-0.2, 0) is 0 Å². The molecule has 1 aromatic carbocycles. The second-order valence-corrected chi connectivity index (χ2v) is 6.48. The summed E-state index contributed by atoms with van der Waals surface area (Å²) in [5.74, 6) is 2.14. The topological polar surface area (TPSA) is 76.1 Å². The quantitative estimate of drug-likeness (QED) is 0.662. The van der Waals surface area contributed by atoms with Gasteiger partial charge in [-0.15, -0.1) is 0 Å². The lowest BCUT2D eigenvalue weighted by Gasteiger charge is -2.11. The first-order valence-electron chi connectivity index (χ1n) is 8.97. The smallest absolute Gasteiger partial charge is 0.256 e. The van der Waals surface area contributed by atoms with Crippen LogP contribution in [0.2, 0.25) is 0 Å². The molecule has 6 nitrogen and oxygen atoms in total. The van der Waals surface area contributed by atoms with E-state index in [2.05, 4.69) is 20.6 Å². The minimum atomic E-state index is -0.154. The van der Waals surface area contributed by atoms with E-state index in [0.29, 0.717) is 29.7 Å². The molecule has 0 radical (unpaired) electrons. The van der Waals surface area contributed by atoms with Gasteiger partial charge in [0.2, 0.25) is 5.88 Å². The molecule has 0 bridgehead atoms. The Hall–Kier alpha value is -3.41. The van der Waals surface area contributed by atoms with E-state index in [4.69, 9.17) is 4.74 Å². The van der Waals surface area contributed by atoms with Gasteiger partial charge in [0, 0.05) is 24.6 Å². The zero-order valence-corrected chi connectivity index (χ0v) is 14.8. The first-order valence-corrected chi connectivity index (χ1v) is 8.97. The molecule has 6 heteroatoms. The monoisotopic (exact) mass is 360 g/mol. The van der Waals surface area contributed by atoms with Crippen LogP contribution in [0.3, 0.4) is 0 Å². The minimum absolute atomic E-state index is 0.154. The summed E-state index contributed by atoms with van der Waals surface area (Å²) in [5.41, 5.74) is 1.33. The maximum absolute atomic E-state index is 12.4. The molecule has 27 heavy (non-hydrogen) atoms. The summed E-state index contributed by atoms with van der Waals surface area (Å²) in [5, 5.41) is 6.16. The van der Waals surface area contributed by atoms with Crippen molar-refractivity contribution in [1.82, 2.24) is 15.3 Å². The molecule has 0 spiro atoms. The highest BCUT2D eigenvalue weighted by molar-refractivity contribution is 5.96. The molecule has 0 aliphatic heterocycles. The Kier molecular flexibility index (Phi) is 4.96. The molecule has 1 aliphatic carbocycles. The molecule has 1 fully saturated rings. The summed E-state index contributed by atoms with van der Waals surface area (Å²) in [6, 6.07) is 16.6. The fourth-order valence-corrected chi connectivity index (χ4v) is 2.60. The van der Waals surface area contributed by atoms with E-state index in [1.807, 2.05) is 42.5 Å². The molecular formula is C21H20N4O2. The molecule has 1 saturated carbocycles. The first kappa shape index (κ1) is 17.0. The third-order valence-corrected chi connectivity index (χ3v) is 4.27. The summed E-state index contributed by atoms with van der Waals surface area (Å²) < 4.78 is 5.84. The average Bonchev–Trinajstić information content (AvgIpc) is 3.53. The zero-order valence-electron chi connectivity index (χ0n) is 14.8. The van der Waals surface area contributed by atoms with Crippen LogP contribution in [0.5, 0.6) is 11.6 Å². The van der Waals surface area contributed by atoms with Gasteiger partial charge in [0.25, 0.3) is 5.91 Å². The fraction of sp³-hybridized carbons (Fsp3) is 0.190. The number of hydrogen-bond acceptors (Lipinski definition) is 5. The van der Waals surface area contributed by atoms with E-state index in [0.717, 1.165) is 11.5 Å². The highest BCUT2D eigenvalue weighted by Crippen LogP contribution is 2.28. The Labute approximate surface area is 157 Å². The van der Waals surface area contributed by atoms with Crippen LogP contribution in [0.1, 0.15) is 23.2 Å². The largest absolute Gasteiger partial charge is 0.438 e. The number of aromatic nitrogens is 2. The van der Waals surface area contributed by atoms with E-state index < -0.39 is 0 Å². The summed E-state index contributed by atoms with van der Waals surface area (Å²) in [6.07, 6.45) is 5.73. The van der Waals surface area contributed by atoms with Crippen LogP contribution in [-0.4, -0.2) is 22.4 Å². The third-order valence-electron chi connectivity index (χ3n) is 4.27. The Morgan fingerprint density at radius 3 is 2.56 bits per heavy atom. The van der Waals surface area contributed by atoms with Gasteiger partial charge in [-0.25, -0.2) is 9.97 Å². The predicted octanol–water partition coefficient (Wildman–Crippen LogP) is 4.15. The molecule has 0 saturated heterocycles. The molecule has 136 valence electrons. The van der Waals surface area contributed by atoms with Crippen LogP contribution in [0.15, 0.2) is 67.0 Å². The van der Waals surface area contributed by atoms with E-state index >= 15 is 0 Å². The summed E-state index contributed by atoms with van der Waals surface area (Å²) in [4.78, 5) is 20.8. The maximum atomic E-state index is 12.4. The van der Waals surface area contributed by atoms with Gasteiger partial charge in [-0.3, -0.25) is 4.79 Å². The van der Waals surface area contributed by atoms with E-state index in [9.17, 15) is 4.79 Å². The lowest BCUT2D eigenvalue weighted by atomic mass is 10.2. The molecule has 0 unspecified atom stereocenters. The number of anilines is 2. The summed E-state index contributed by atoms with van der Waals surface area (Å²) in [6.45, 7) is 0.709. The van der Waals surface area contributed by atoms with Gasteiger partial charge < -0.3 is 15.4 Å². The van der Waals surface area contributed by atoms with Gasteiger partial charge >= 0.3 is 0 Å². The van der Waals surface area contributed by atoms with Crippen LogP contribution in [0, 0.1) is 5.92 Å². The molecule has 3 aromatic rings. The van der Waals surface area contributed by atoms with E-state index in [1.165, 1.54) is 12.8 Å². The number of nitrogens with zero attached hydrogens (tertiary/aromatic N) is 2. The number of nitrogens with one attached hydrogen (secondary N) is 2. The van der Waals surface area contributed by atoms with Crippen LogP contribution in [0.4, 0.5) is 11.5 Å². The number of pyridine rings is 2. The van der Waals surface area contributed by atoms with Gasteiger partial charge in [0.15, 0.2) is 0 Å². The van der Waals surface area contributed by atoms with Crippen LogP contribution >= 0.6 is 0 Å². The third kappa shape index (κ3) is 4.61. The second kappa shape index (κ2) is 7.86. The zero-order chi connectivity index (χ0) is 18.5. The first-order chi connectivity index (χ1) is 13.3. The van der Waals surface area contributed by atoms with Crippen molar-refractivity contribution in [2.75, 3.05) is 11.9 Å². The fourth-order valence-electron chi connectivity index (χ4n) is 2.60. The number of carbonyl (C=O) groups is 1. The van der Waals surface area contributed by atoms with Crippen molar-refractivity contribution < 1.29 is 9.53 Å². The van der Waals surface area contributed by atoms with Crippen molar-refractivity contribution in [3.63, 3.8) is 0 Å². The number of carbonyl (C=O) groups excluding carboxylic acids is 1. The van der Waals surface area contributed by atoms with Crippen molar-refractivity contribution in [2.45, 2.75) is 12.8 Å². The molecule has 1 aliphatic rings. The molecule has 2 N–H and O–H groups in total. The molecule has 1 amide bonds. The number of rotatable bonds is 7. The Bertz CT molecular complexity index is 909. The van der Waals surface area contributed by atoms with Crippen molar-refractivity contribution in [2.24, 2.45) is 5.92 Å². The lowest BCUT2D eigenvalue weighted by Crippen LogP contribution is -2.26. The molecule has 4 rings (SSSR count). The highest BCUT2D eigenvalue weighted by Gasteiger charge is 2.23. The van der Waals surface area contributed by atoms with Crippen molar-refractivity contribution >= 4 is 17.4 Å². The number of ether oxygens (including phenoxy) is 1. The minimum Gasteiger partial charge on any atom is -0.438 e. The summed E-state index contributed by atoms with van der Waals surface area (Å²) >= 11 is 0. The van der Waals surface area contributed by atoms with Gasteiger partial charge in [-0.2, -0.15) is 0 Å². The van der Waals surface area contributed by atoms with Gasteiger partial charge in [0.05, 0.1) is 0 Å². The summed E-state index contributed by atoms with van der Waals surface area (Å²) in [7, 11) is 0. The van der Waals surface area contributed by atoms with Crippen LogP contribution in [0.25, 0.3) is 0 Å². The maximum Gasteiger partial charge on any atom is 0.256 e. The van der Waals surface area contributed by atoms with E-state index in [-0.39, 0.29) is 5.91 Å². The van der Waals surface area contributed by atoms with Crippen molar-refractivity contribution in [3.05, 3.63) is 72.6 Å². The Balaban J connectivity index is 1.43. The molecular weight excluding hydrogens is 340 g/mol. The molecule has 2 aromatic heterocycles. The standard InChI is InChI=1S/C21H20N4O2/c26-20(24-14-15-6-7-15)18-4-3-13-23-21(18)27-17-10-8-16(9-11-17)25-19-5-1-2-12-22-19/h1-5,8-13,15H,6-7,14H2,(H,22,25)(H,24,26). The van der Waals surface area contributed by atoms with Crippen LogP contribution < -0.4 is 15.4 Å². The van der Waals surface area contributed by atoms with Crippen molar-refractivity contribution in [3.8, 4) is 11.6 Å². The number of hydrogen-bond donors (Lipinski definition) is 2. The molecule has 2 heterocycles. The van der Waals surface area contributed by atoms with Gasteiger partial charge in [-0.05, 0) is 67.3 Å². The van der Waals surface area contributed by atoms with Gasteiger partial charge in [-0.1, -0.05) is 6.07 Å². The van der Waals surface area contributed by atoms with Gasteiger partial charge in [0.1, 0.15) is 17.1 Å².